The summed E-state index contributed by atoms with van der Waals surface area (Å²) in [6.07, 6.45) is 5.38. The average molecular weight is 403 g/mol. The molecule has 6 nitrogen and oxygen atoms in total. The lowest BCUT2D eigenvalue weighted by Crippen LogP contribution is -2.36. The van der Waals surface area contributed by atoms with E-state index in [4.69, 9.17) is 4.74 Å². The number of hydrogen-bond donors (Lipinski definition) is 2. The van der Waals surface area contributed by atoms with Gasteiger partial charge in [-0.05, 0) is 49.6 Å². The third-order valence-electron chi connectivity index (χ3n) is 5.03. The number of amides is 1. The zero-order chi connectivity index (χ0) is 20.1. The first-order chi connectivity index (χ1) is 13.4. The zero-order valence-corrected chi connectivity index (χ0v) is 17.0. The molecule has 0 bridgehead atoms. The lowest BCUT2D eigenvalue weighted by Gasteiger charge is -2.23. The molecule has 0 heterocycles. The molecule has 0 aromatic heterocycles. The van der Waals surface area contributed by atoms with Gasteiger partial charge in [-0.3, -0.25) is 9.52 Å². The highest BCUT2D eigenvalue weighted by Gasteiger charge is 2.21. The molecule has 2 aromatic rings. The third kappa shape index (κ3) is 4.84. The van der Waals surface area contributed by atoms with E-state index in [0.29, 0.717) is 17.0 Å². The Balaban J connectivity index is 1.81. The lowest BCUT2D eigenvalue weighted by molar-refractivity contribution is 0.0927. The second kappa shape index (κ2) is 8.65. The van der Waals surface area contributed by atoms with Crippen molar-refractivity contribution in [3.63, 3.8) is 0 Å². The molecule has 0 saturated heterocycles. The highest BCUT2D eigenvalue weighted by atomic mass is 32.2. The summed E-state index contributed by atoms with van der Waals surface area (Å²) in [5, 5.41) is 3.05. The topological polar surface area (TPSA) is 84.5 Å². The van der Waals surface area contributed by atoms with Crippen molar-refractivity contribution in [3.05, 3.63) is 53.6 Å². The van der Waals surface area contributed by atoms with Crippen LogP contribution in [-0.4, -0.2) is 27.5 Å². The van der Waals surface area contributed by atoms with E-state index in [2.05, 4.69) is 10.0 Å². The first kappa shape index (κ1) is 20.2. The number of methoxy groups -OCH3 is 1. The van der Waals surface area contributed by atoms with Crippen molar-refractivity contribution in [1.29, 1.82) is 0 Å². The van der Waals surface area contributed by atoms with Crippen LogP contribution in [0.1, 0.15) is 48.0 Å². The van der Waals surface area contributed by atoms with Gasteiger partial charge in [0.25, 0.3) is 15.9 Å². The van der Waals surface area contributed by atoms with Crippen LogP contribution in [0.25, 0.3) is 0 Å². The van der Waals surface area contributed by atoms with Crippen LogP contribution in [0.2, 0.25) is 0 Å². The predicted molar refractivity (Wildman–Crippen MR) is 109 cm³/mol. The minimum atomic E-state index is -3.83. The minimum Gasteiger partial charge on any atom is -0.497 e. The number of hydrogen-bond acceptors (Lipinski definition) is 4. The fourth-order valence-corrected chi connectivity index (χ4v) is 4.50. The van der Waals surface area contributed by atoms with E-state index in [1.807, 2.05) is 6.92 Å². The summed E-state index contributed by atoms with van der Waals surface area (Å²) in [6.45, 7) is 1.81. The SMILES string of the molecule is COc1cccc(NS(=O)(=O)c2ccc(C)c(C(=O)NC3CCCCC3)c2)c1. The van der Waals surface area contributed by atoms with Crippen molar-refractivity contribution in [2.45, 2.75) is 50.0 Å². The number of carbonyl (C=O) groups is 1. The normalized spacial score (nSPS) is 15.1. The Bertz CT molecular complexity index is 951. The Morgan fingerprint density at radius 2 is 1.82 bits per heavy atom. The minimum absolute atomic E-state index is 0.0507. The van der Waals surface area contributed by atoms with E-state index in [0.717, 1.165) is 31.2 Å². The van der Waals surface area contributed by atoms with Gasteiger partial charge in [-0.2, -0.15) is 0 Å². The Morgan fingerprint density at radius 1 is 1.07 bits per heavy atom. The first-order valence-electron chi connectivity index (χ1n) is 9.47. The lowest BCUT2D eigenvalue weighted by atomic mass is 9.95. The molecule has 1 aliphatic rings. The molecule has 2 aromatic carbocycles. The third-order valence-corrected chi connectivity index (χ3v) is 6.41. The average Bonchev–Trinajstić information content (AvgIpc) is 2.68. The fraction of sp³-hybridized carbons (Fsp3) is 0.381. The van der Waals surface area contributed by atoms with Gasteiger partial charge in [-0.25, -0.2) is 8.42 Å². The van der Waals surface area contributed by atoms with Crippen LogP contribution in [0.5, 0.6) is 5.75 Å². The summed E-state index contributed by atoms with van der Waals surface area (Å²) in [5.74, 6) is 0.333. The summed E-state index contributed by atoms with van der Waals surface area (Å²) >= 11 is 0. The molecule has 0 atom stereocenters. The molecular formula is C21H26N2O4S. The number of aryl methyl sites for hydroxylation is 1. The molecule has 3 rings (SSSR count). The van der Waals surface area contributed by atoms with Crippen molar-refractivity contribution in [2.75, 3.05) is 11.8 Å². The molecule has 2 N–H and O–H groups in total. The van der Waals surface area contributed by atoms with Gasteiger partial charge >= 0.3 is 0 Å². The number of nitrogens with one attached hydrogen (secondary N) is 2. The quantitative estimate of drug-likeness (QED) is 0.768. The van der Waals surface area contributed by atoms with Gasteiger partial charge in [0.2, 0.25) is 0 Å². The van der Waals surface area contributed by atoms with Crippen molar-refractivity contribution in [2.24, 2.45) is 0 Å². The summed E-state index contributed by atoms with van der Waals surface area (Å²) in [5.41, 5.74) is 1.53. The molecule has 0 radical (unpaired) electrons. The second-order valence-electron chi connectivity index (χ2n) is 7.12. The molecule has 0 spiro atoms. The van der Waals surface area contributed by atoms with Crippen molar-refractivity contribution >= 4 is 21.6 Å². The maximum atomic E-state index is 12.8. The van der Waals surface area contributed by atoms with Gasteiger partial charge in [0.15, 0.2) is 0 Å². The largest absolute Gasteiger partial charge is 0.497 e. The number of benzene rings is 2. The fourth-order valence-electron chi connectivity index (χ4n) is 3.42. The Kier molecular flexibility index (Phi) is 6.24. The van der Waals surface area contributed by atoms with E-state index < -0.39 is 10.0 Å². The zero-order valence-electron chi connectivity index (χ0n) is 16.2. The molecule has 1 amide bonds. The molecule has 1 saturated carbocycles. The number of carbonyl (C=O) groups excluding carboxylic acids is 1. The number of ether oxygens (including phenoxy) is 1. The van der Waals surface area contributed by atoms with Gasteiger partial charge < -0.3 is 10.1 Å². The maximum absolute atomic E-state index is 12.8. The van der Waals surface area contributed by atoms with Crippen molar-refractivity contribution < 1.29 is 17.9 Å². The van der Waals surface area contributed by atoms with Gasteiger partial charge in [-0.1, -0.05) is 31.4 Å². The molecule has 0 unspecified atom stereocenters. The maximum Gasteiger partial charge on any atom is 0.261 e. The predicted octanol–water partition coefficient (Wildman–Crippen LogP) is 3.87. The summed E-state index contributed by atoms with van der Waals surface area (Å²) in [7, 11) is -2.31. The van der Waals surface area contributed by atoms with Gasteiger partial charge in [0.1, 0.15) is 5.75 Å². The monoisotopic (exact) mass is 402 g/mol. The van der Waals surface area contributed by atoms with Crippen LogP contribution in [0.4, 0.5) is 5.69 Å². The second-order valence-corrected chi connectivity index (χ2v) is 8.80. The van der Waals surface area contributed by atoms with Gasteiger partial charge in [-0.15, -0.1) is 0 Å². The summed E-state index contributed by atoms with van der Waals surface area (Å²) < 4.78 is 33.2. The summed E-state index contributed by atoms with van der Waals surface area (Å²) in [6, 6.07) is 11.5. The molecular weight excluding hydrogens is 376 g/mol. The summed E-state index contributed by atoms with van der Waals surface area (Å²) in [4.78, 5) is 12.8. The van der Waals surface area contributed by atoms with Crippen LogP contribution in [0.3, 0.4) is 0 Å². The van der Waals surface area contributed by atoms with Gasteiger partial charge in [0, 0.05) is 17.7 Å². The van der Waals surface area contributed by atoms with Crippen molar-refractivity contribution in [3.8, 4) is 5.75 Å². The smallest absolute Gasteiger partial charge is 0.261 e. The number of sulfonamides is 1. The van der Waals surface area contributed by atoms with E-state index in [1.165, 1.54) is 25.7 Å². The molecule has 1 fully saturated rings. The van der Waals surface area contributed by atoms with Crippen molar-refractivity contribution in [1.82, 2.24) is 5.32 Å². The van der Waals surface area contributed by atoms with Crippen LogP contribution in [0, 0.1) is 6.92 Å². The number of rotatable bonds is 6. The first-order valence-corrected chi connectivity index (χ1v) is 11.0. The van der Waals surface area contributed by atoms with E-state index >= 15 is 0 Å². The van der Waals surface area contributed by atoms with E-state index in [1.54, 1.807) is 30.3 Å². The van der Waals surface area contributed by atoms with E-state index in [9.17, 15) is 13.2 Å². The van der Waals surface area contributed by atoms with Crippen LogP contribution >= 0.6 is 0 Å². The standard InChI is InChI=1S/C21H26N2O4S/c1-15-11-12-19(14-20(15)21(24)22-16-7-4-3-5-8-16)28(25,26)23-17-9-6-10-18(13-17)27-2/h6,9-14,16,23H,3-5,7-8H2,1-2H3,(H,22,24). The Labute approximate surface area is 166 Å². The van der Waals surface area contributed by atoms with Crippen LogP contribution < -0.4 is 14.8 Å². The Morgan fingerprint density at radius 3 is 2.54 bits per heavy atom. The molecule has 150 valence electrons. The molecule has 1 aliphatic carbocycles. The van der Waals surface area contributed by atoms with Crippen LogP contribution in [0.15, 0.2) is 47.4 Å². The van der Waals surface area contributed by atoms with Gasteiger partial charge in [0.05, 0.1) is 17.7 Å². The molecule has 28 heavy (non-hydrogen) atoms. The van der Waals surface area contributed by atoms with Crippen LogP contribution in [-0.2, 0) is 10.0 Å². The number of anilines is 1. The van der Waals surface area contributed by atoms with E-state index in [-0.39, 0.29) is 16.8 Å². The molecule has 0 aliphatic heterocycles. The molecule has 7 heteroatoms. The highest BCUT2D eigenvalue weighted by molar-refractivity contribution is 7.92. The Hall–Kier alpha value is -2.54. The highest BCUT2D eigenvalue weighted by Crippen LogP contribution is 2.23.